The van der Waals surface area contributed by atoms with Crippen molar-refractivity contribution in [3.8, 4) is 0 Å². The highest BCUT2D eigenvalue weighted by Gasteiger charge is 2.42. The Hall–Kier alpha value is -2.47. The van der Waals surface area contributed by atoms with Crippen LogP contribution in [0.3, 0.4) is 0 Å². The maximum absolute atomic E-state index is 12.3. The molecular formula is C19H22N4O2. The summed E-state index contributed by atoms with van der Waals surface area (Å²) in [4.78, 5) is 25.2. The zero-order valence-corrected chi connectivity index (χ0v) is 14.4. The van der Waals surface area contributed by atoms with Crippen LogP contribution in [0.1, 0.15) is 18.5 Å². The first-order valence-electron chi connectivity index (χ1n) is 8.68. The van der Waals surface area contributed by atoms with Crippen LogP contribution >= 0.6 is 0 Å². The lowest BCUT2D eigenvalue weighted by Gasteiger charge is -2.47. The van der Waals surface area contributed by atoms with Gasteiger partial charge in [-0.05, 0) is 44.0 Å². The maximum Gasteiger partial charge on any atom is 0.253 e. The van der Waals surface area contributed by atoms with Crippen LogP contribution in [0.25, 0.3) is 0 Å². The van der Waals surface area contributed by atoms with Crippen molar-refractivity contribution in [2.45, 2.75) is 25.4 Å². The smallest absolute Gasteiger partial charge is 0.253 e. The molecule has 2 saturated heterocycles. The summed E-state index contributed by atoms with van der Waals surface area (Å²) in [6, 6.07) is 9.89. The van der Waals surface area contributed by atoms with E-state index in [1.807, 2.05) is 36.1 Å². The lowest BCUT2D eigenvalue weighted by atomic mass is 9.89. The largest absolute Gasteiger partial charge is 0.363 e. The molecule has 2 fully saturated rings. The van der Waals surface area contributed by atoms with Gasteiger partial charge in [0.25, 0.3) is 5.91 Å². The SMILES string of the molecule is Cc1cccc(N2CCC3(CC2)CN(c2cccnc2)C(=O)CO3)n1. The summed E-state index contributed by atoms with van der Waals surface area (Å²) >= 11 is 0. The summed E-state index contributed by atoms with van der Waals surface area (Å²) in [6.45, 7) is 4.50. The van der Waals surface area contributed by atoms with Gasteiger partial charge in [-0.3, -0.25) is 9.78 Å². The van der Waals surface area contributed by atoms with Gasteiger partial charge in [0.15, 0.2) is 0 Å². The fourth-order valence-corrected chi connectivity index (χ4v) is 3.61. The zero-order chi connectivity index (χ0) is 17.3. The average molecular weight is 338 g/mol. The van der Waals surface area contributed by atoms with Gasteiger partial charge in [0.2, 0.25) is 0 Å². The van der Waals surface area contributed by atoms with Gasteiger partial charge in [-0.2, -0.15) is 0 Å². The summed E-state index contributed by atoms with van der Waals surface area (Å²) in [6.07, 6.45) is 5.22. The highest BCUT2D eigenvalue weighted by atomic mass is 16.5. The Balaban J connectivity index is 1.48. The fraction of sp³-hybridized carbons (Fsp3) is 0.421. The third-order valence-electron chi connectivity index (χ3n) is 5.08. The second-order valence-electron chi connectivity index (χ2n) is 6.79. The summed E-state index contributed by atoms with van der Waals surface area (Å²) in [5.74, 6) is 1.02. The quantitative estimate of drug-likeness (QED) is 0.840. The summed E-state index contributed by atoms with van der Waals surface area (Å²) in [7, 11) is 0. The minimum atomic E-state index is -0.274. The van der Waals surface area contributed by atoms with Crippen molar-refractivity contribution in [3.63, 3.8) is 0 Å². The minimum absolute atomic E-state index is 0.00130. The number of morpholine rings is 1. The summed E-state index contributed by atoms with van der Waals surface area (Å²) < 4.78 is 6.02. The fourth-order valence-electron chi connectivity index (χ4n) is 3.61. The first kappa shape index (κ1) is 16.0. The van der Waals surface area contributed by atoms with Crippen molar-refractivity contribution < 1.29 is 9.53 Å². The van der Waals surface area contributed by atoms with Crippen molar-refractivity contribution in [1.82, 2.24) is 9.97 Å². The van der Waals surface area contributed by atoms with Gasteiger partial charge >= 0.3 is 0 Å². The normalized spacial score (nSPS) is 20.1. The molecule has 2 aromatic rings. The van der Waals surface area contributed by atoms with Gasteiger partial charge in [0.05, 0.1) is 24.0 Å². The molecule has 0 unspecified atom stereocenters. The van der Waals surface area contributed by atoms with Crippen molar-refractivity contribution in [1.29, 1.82) is 0 Å². The third-order valence-corrected chi connectivity index (χ3v) is 5.08. The Kier molecular flexibility index (Phi) is 4.13. The third kappa shape index (κ3) is 3.22. The molecule has 0 atom stereocenters. The van der Waals surface area contributed by atoms with E-state index < -0.39 is 0 Å². The van der Waals surface area contributed by atoms with Crippen LogP contribution in [0.4, 0.5) is 11.5 Å². The molecule has 4 heterocycles. The number of carbonyl (C=O) groups excluding carboxylic acids is 1. The number of piperidine rings is 1. The number of aromatic nitrogens is 2. The molecule has 1 spiro atoms. The second kappa shape index (κ2) is 6.44. The molecule has 2 aromatic heterocycles. The molecule has 6 nitrogen and oxygen atoms in total. The number of pyridine rings is 2. The standard InChI is InChI=1S/C19H22N4O2/c1-15-4-2-6-17(21-15)22-10-7-19(8-11-22)14-23(18(24)13-25-19)16-5-3-9-20-12-16/h2-6,9,12H,7-8,10-11,13-14H2,1H3. The number of rotatable bonds is 2. The Morgan fingerprint density at radius 3 is 2.72 bits per heavy atom. The highest BCUT2D eigenvalue weighted by molar-refractivity contribution is 5.95. The van der Waals surface area contributed by atoms with Gasteiger partial charge in [-0.1, -0.05) is 6.07 Å². The van der Waals surface area contributed by atoms with E-state index in [-0.39, 0.29) is 18.1 Å². The number of amides is 1. The van der Waals surface area contributed by atoms with Gasteiger partial charge in [-0.25, -0.2) is 4.98 Å². The van der Waals surface area contributed by atoms with Crippen LogP contribution in [0.15, 0.2) is 42.7 Å². The molecular weight excluding hydrogens is 316 g/mol. The molecule has 1 amide bonds. The Morgan fingerprint density at radius 1 is 1.16 bits per heavy atom. The molecule has 25 heavy (non-hydrogen) atoms. The maximum atomic E-state index is 12.3. The van der Waals surface area contributed by atoms with E-state index in [0.717, 1.165) is 43.1 Å². The number of carbonyl (C=O) groups is 1. The topological polar surface area (TPSA) is 58.6 Å². The lowest BCUT2D eigenvalue weighted by molar-refractivity contribution is -0.141. The van der Waals surface area contributed by atoms with E-state index in [2.05, 4.69) is 20.9 Å². The van der Waals surface area contributed by atoms with E-state index in [1.165, 1.54) is 0 Å². The van der Waals surface area contributed by atoms with E-state index in [4.69, 9.17) is 4.74 Å². The highest BCUT2D eigenvalue weighted by Crippen LogP contribution is 2.33. The van der Waals surface area contributed by atoms with Crippen LogP contribution in [0.2, 0.25) is 0 Å². The molecule has 2 aliphatic heterocycles. The van der Waals surface area contributed by atoms with Gasteiger partial charge in [0, 0.05) is 25.0 Å². The number of ether oxygens (including phenoxy) is 1. The number of hydrogen-bond acceptors (Lipinski definition) is 5. The number of nitrogens with zero attached hydrogens (tertiary/aromatic N) is 4. The van der Waals surface area contributed by atoms with Crippen LogP contribution in [-0.2, 0) is 9.53 Å². The monoisotopic (exact) mass is 338 g/mol. The summed E-state index contributed by atoms with van der Waals surface area (Å²) in [5.41, 5.74) is 1.60. The van der Waals surface area contributed by atoms with Crippen molar-refractivity contribution in [2.24, 2.45) is 0 Å². The lowest BCUT2D eigenvalue weighted by Crippen LogP contribution is -2.59. The van der Waals surface area contributed by atoms with E-state index in [0.29, 0.717) is 6.54 Å². The molecule has 0 bridgehead atoms. The van der Waals surface area contributed by atoms with E-state index >= 15 is 0 Å². The van der Waals surface area contributed by atoms with Crippen LogP contribution in [0.5, 0.6) is 0 Å². The molecule has 0 N–H and O–H groups in total. The minimum Gasteiger partial charge on any atom is -0.363 e. The molecule has 4 rings (SSSR count). The molecule has 130 valence electrons. The molecule has 2 aliphatic rings. The van der Waals surface area contributed by atoms with Gasteiger partial charge in [-0.15, -0.1) is 0 Å². The average Bonchev–Trinajstić information content (AvgIpc) is 2.65. The molecule has 0 saturated carbocycles. The Bertz CT molecular complexity index is 757. The predicted octanol–water partition coefficient (Wildman–Crippen LogP) is 2.19. The van der Waals surface area contributed by atoms with Crippen LogP contribution < -0.4 is 9.80 Å². The zero-order valence-electron chi connectivity index (χ0n) is 14.4. The first-order chi connectivity index (χ1) is 12.2. The van der Waals surface area contributed by atoms with Crippen molar-refractivity contribution in [3.05, 3.63) is 48.4 Å². The number of aryl methyl sites for hydroxylation is 1. The Labute approximate surface area is 147 Å². The first-order valence-corrected chi connectivity index (χ1v) is 8.68. The van der Waals surface area contributed by atoms with E-state index in [1.54, 1.807) is 12.4 Å². The van der Waals surface area contributed by atoms with Crippen LogP contribution in [-0.4, -0.2) is 47.7 Å². The van der Waals surface area contributed by atoms with Crippen molar-refractivity contribution in [2.75, 3.05) is 36.0 Å². The second-order valence-corrected chi connectivity index (χ2v) is 6.79. The van der Waals surface area contributed by atoms with Gasteiger partial charge in [0.1, 0.15) is 12.4 Å². The number of hydrogen-bond donors (Lipinski definition) is 0. The molecule has 0 radical (unpaired) electrons. The molecule has 0 aromatic carbocycles. The van der Waals surface area contributed by atoms with Crippen LogP contribution in [0, 0.1) is 6.92 Å². The molecule has 0 aliphatic carbocycles. The number of anilines is 2. The van der Waals surface area contributed by atoms with E-state index in [9.17, 15) is 4.79 Å². The summed E-state index contributed by atoms with van der Waals surface area (Å²) in [5, 5.41) is 0. The predicted molar refractivity (Wildman–Crippen MR) is 95.7 cm³/mol. The Morgan fingerprint density at radius 2 is 2.00 bits per heavy atom. The van der Waals surface area contributed by atoms with Crippen molar-refractivity contribution >= 4 is 17.4 Å². The van der Waals surface area contributed by atoms with Gasteiger partial charge < -0.3 is 14.5 Å². The molecule has 6 heteroatoms.